The van der Waals surface area contributed by atoms with Gasteiger partial charge in [0.1, 0.15) is 0 Å². The fourth-order valence-electron chi connectivity index (χ4n) is 1.67. The van der Waals surface area contributed by atoms with Gasteiger partial charge in [-0.3, -0.25) is 9.89 Å². The van der Waals surface area contributed by atoms with Gasteiger partial charge in [0, 0.05) is 11.1 Å². The predicted octanol–water partition coefficient (Wildman–Crippen LogP) is 3.17. The average Bonchev–Trinajstić information content (AvgIpc) is 2.96. The number of carbonyl (C=O) groups is 1. The maximum atomic E-state index is 11.9. The Morgan fingerprint density at radius 1 is 1.39 bits per heavy atom. The number of nitrogens with one attached hydrogen (secondary N) is 2. The Morgan fingerprint density at radius 2 is 2.28 bits per heavy atom. The molecule has 1 amide bonds. The fourth-order valence-corrected chi connectivity index (χ4v) is 2.09. The van der Waals surface area contributed by atoms with Crippen LogP contribution >= 0.6 is 15.9 Å². The van der Waals surface area contributed by atoms with Crippen molar-refractivity contribution >= 4 is 38.4 Å². The minimum Gasteiger partial charge on any atom is -0.457 e. The van der Waals surface area contributed by atoms with Crippen LogP contribution in [-0.2, 0) is 0 Å². The van der Waals surface area contributed by atoms with Gasteiger partial charge in [-0.15, -0.1) is 0 Å². The molecule has 0 aliphatic heterocycles. The molecule has 0 aliphatic rings. The Bertz CT molecular complexity index is 717. The molecule has 0 saturated carbocycles. The quantitative estimate of drug-likeness (QED) is 0.764. The number of hydrogen-bond donors (Lipinski definition) is 2. The van der Waals surface area contributed by atoms with Gasteiger partial charge in [0.05, 0.1) is 23.5 Å². The fraction of sp³-hybridized carbons (Fsp3) is 0. The number of halogens is 1. The number of carbonyl (C=O) groups excluding carboxylic acids is 1. The molecule has 5 nitrogen and oxygen atoms in total. The molecule has 0 saturated heterocycles. The average molecular weight is 306 g/mol. The third-order valence-electron chi connectivity index (χ3n) is 2.56. The Labute approximate surface area is 110 Å². The number of fused-ring (bicyclic) bond motifs is 1. The van der Waals surface area contributed by atoms with Crippen LogP contribution in [0.15, 0.2) is 45.8 Å². The summed E-state index contributed by atoms with van der Waals surface area (Å²) in [6, 6.07) is 7.14. The van der Waals surface area contributed by atoms with Crippen molar-refractivity contribution in [3.8, 4) is 0 Å². The molecule has 2 heterocycles. The molecule has 0 aliphatic carbocycles. The van der Waals surface area contributed by atoms with Gasteiger partial charge in [-0.1, -0.05) is 0 Å². The maximum absolute atomic E-state index is 11.9. The van der Waals surface area contributed by atoms with Gasteiger partial charge in [-0.2, -0.15) is 5.10 Å². The number of benzene rings is 1. The summed E-state index contributed by atoms with van der Waals surface area (Å²) in [7, 11) is 0. The van der Waals surface area contributed by atoms with Gasteiger partial charge in [0.2, 0.25) is 0 Å². The van der Waals surface area contributed by atoms with Gasteiger partial charge >= 0.3 is 0 Å². The van der Waals surface area contributed by atoms with Crippen molar-refractivity contribution < 1.29 is 9.21 Å². The summed E-state index contributed by atoms with van der Waals surface area (Å²) in [6.07, 6.45) is 3.19. The van der Waals surface area contributed by atoms with E-state index in [2.05, 4.69) is 31.4 Å². The Morgan fingerprint density at radius 3 is 3.06 bits per heavy atom. The van der Waals surface area contributed by atoms with E-state index in [-0.39, 0.29) is 5.91 Å². The third-order valence-corrected chi connectivity index (χ3v) is 3.18. The summed E-state index contributed by atoms with van der Waals surface area (Å²) >= 11 is 3.17. The minimum absolute atomic E-state index is 0.227. The van der Waals surface area contributed by atoms with Gasteiger partial charge in [0.25, 0.3) is 5.91 Å². The van der Waals surface area contributed by atoms with Crippen LogP contribution in [0.3, 0.4) is 0 Å². The van der Waals surface area contributed by atoms with E-state index in [9.17, 15) is 4.79 Å². The number of aromatic nitrogens is 2. The minimum atomic E-state index is -0.227. The summed E-state index contributed by atoms with van der Waals surface area (Å²) in [5, 5.41) is 10.6. The number of furan rings is 1. The zero-order valence-electron chi connectivity index (χ0n) is 9.11. The van der Waals surface area contributed by atoms with Gasteiger partial charge < -0.3 is 9.73 Å². The molecule has 0 radical (unpaired) electrons. The maximum Gasteiger partial charge on any atom is 0.260 e. The molecular formula is C12H8BrN3O2. The predicted molar refractivity (Wildman–Crippen MR) is 70.5 cm³/mol. The molecule has 3 aromatic rings. The second-order valence-corrected chi connectivity index (χ2v) is 4.45. The number of nitrogens with zero attached hydrogens (tertiary/aromatic N) is 1. The van der Waals surface area contributed by atoms with E-state index >= 15 is 0 Å². The zero-order chi connectivity index (χ0) is 12.5. The zero-order valence-corrected chi connectivity index (χ0v) is 10.7. The topological polar surface area (TPSA) is 70.9 Å². The van der Waals surface area contributed by atoms with Crippen LogP contribution in [0, 0.1) is 0 Å². The van der Waals surface area contributed by atoms with Crippen LogP contribution in [0.1, 0.15) is 10.4 Å². The largest absolute Gasteiger partial charge is 0.457 e. The summed E-state index contributed by atoms with van der Waals surface area (Å²) in [5.41, 5.74) is 2.03. The molecule has 0 bridgehead atoms. The molecule has 3 rings (SSSR count). The molecular weight excluding hydrogens is 298 g/mol. The second kappa shape index (κ2) is 4.30. The van der Waals surface area contributed by atoms with E-state index in [0.29, 0.717) is 15.9 Å². The van der Waals surface area contributed by atoms with Gasteiger partial charge in [-0.05, 0) is 40.2 Å². The summed E-state index contributed by atoms with van der Waals surface area (Å²) in [6.45, 7) is 0. The second-order valence-electron chi connectivity index (χ2n) is 3.73. The summed E-state index contributed by atoms with van der Waals surface area (Å²) < 4.78 is 5.44. The molecule has 0 atom stereocenters. The highest BCUT2D eigenvalue weighted by atomic mass is 79.9. The Hall–Kier alpha value is -2.08. The molecule has 2 aromatic heterocycles. The molecule has 2 N–H and O–H groups in total. The van der Waals surface area contributed by atoms with E-state index in [0.717, 1.165) is 10.9 Å². The standard InChI is InChI=1S/C12H8BrN3O2/c13-11-9(3-4-18-11)12(17)15-8-2-1-7-6-14-16-10(7)5-8/h1-6H,(H,14,16)(H,15,17). The van der Waals surface area contributed by atoms with Crippen LogP contribution < -0.4 is 5.32 Å². The van der Waals surface area contributed by atoms with Crippen molar-refractivity contribution in [2.24, 2.45) is 0 Å². The van der Waals surface area contributed by atoms with Crippen molar-refractivity contribution in [3.63, 3.8) is 0 Å². The molecule has 0 fully saturated rings. The first-order chi connectivity index (χ1) is 8.74. The van der Waals surface area contributed by atoms with E-state index in [4.69, 9.17) is 4.42 Å². The Balaban J connectivity index is 1.88. The number of anilines is 1. The van der Waals surface area contributed by atoms with Crippen molar-refractivity contribution in [3.05, 3.63) is 47.0 Å². The van der Waals surface area contributed by atoms with Crippen LogP contribution in [0.25, 0.3) is 10.9 Å². The normalized spacial score (nSPS) is 10.7. The number of aromatic amines is 1. The molecule has 0 unspecified atom stereocenters. The van der Waals surface area contributed by atoms with Crippen LogP contribution in [-0.4, -0.2) is 16.1 Å². The highest BCUT2D eigenvalue weighted by molar-refractivity contribution is 9.10. The first kappa shape index (κ1) is 11.0. The molecule has 0 spiro atoms. The van der Waals surface area contributed by atoms with E-state index in [1.807, 2.05) is 18.2 Å². The number of amides is 1. The van der Waals surface area contributed by atoms with E-state index in [1.54, 1.807) is 12.3 Å². The Kier molecular flexibility index (Phi) is 2.64. The lowest BCUT2D eigenvalue weighted by atomic mass is 10.2. The number of H-pyrrole nitrogens is 1. The monoisotopic (exact) mass is 305 g/mol. The lowest BCUT2D eigenvalue weighted by Gasteiger charge is -2.03. The van der Waals surface area contributed by atoms with Crippen molar-refractivity contribution in [1.82, 2.24) is 10.2 Å². The lowest BCUT2D eigenvalue weighted by molar-refractivity contribution is 0.102. The smallest absolute Gasteiger partial charge is 0.260 e. The highest BCUT2D eigenvalue weighted by Gasteiger charge is 2.12. The van der Waals surface area contributed by atoms with E-state index < -0.39 is 0 Å². The molecule has 90 valence electrons. The third kappa shape index (κ3) is 1.91. The van der Waals surface area contributed by atoms with Crippen molar-refractivity contribution in [2.45, 2.75) is 0 Å². The highest BCUT2D eigenvalue weighted by Crippen LogP contribution is 2.21. The SMILES string of the molecule is O=C(Nc1ccc2cn[nH]c2c1)c1ccoc1Br. The molecule has 1 aromatic carbocycles. The van der Waals surface area contributed by atoms with Crippen molar-refractivity contribution in [1.29, 1.82) is 0 Å². The first-order valence-corrected chi connectivity index (χ1v) is 6.01. The summed E-state index contributed by atoms with van der Waals surface area (Å²) in [5.74, 6) is -0.227. The number of rotatable bonds is 2. The van der Waals surface area contributed by atoms with Crippen LogP contribution in [0.5, 0.6) is 0 Å². The van der Waals surface area contributed by atoms with Crippen molar-refractivity contribution in [2.75, 3.05) is 5.32 Å². The van der Waals surface area contributed by atoms with Crippen LogP contribution in [0.2, 0.25) is 0 Å². The van der Waals surface area contributed by atoms with E-state index in [1.165, 1.54) is 6.26 Å². The molecule has 6 heteroatoms. The van der Waals surface area contributed by atoms with Crippen LogP contribution in [0.4, 0.5) is 5.69 Å². The summed E-state index contributed by atoms with van der Waals surface area (Å²) in [4.78, 5) is 11.9. The molecule has 18 heavy (non-hydrogen) atoms. The lowest BCUT2D eigenvalue weighted by Crippen LogP contribution is -2.11. The van der Waals surface area contributed by atoms with Gasteiger partial charge in [0.15, 0.2) is 4.67 Å². The van der Waals surface area contributed by atoms with Gasteiger partial charge in [-0.25, -0.2) is 0 Å². The number of hydrogen-bond acceptors (Lipinski definition) is 3. The first-order valence-electron chi connectivity index (χ1n) is 5.21.